The van der Waals surface area contributed by atoms with Gasteiger partial charge in [-0.3, -0.25) is 24.2 Å². The van der Waals surface area contributed by atoms with E-state index in [0.29, 0.717) is 11.6 Å². The molecule has 1 fully saturated rings. The number of aliphatic hydroxyl groups excluding tert-OH is 2. The molecule has 0 aliphatic heterocycles. The summed E-state index contributed by atoms with van der Waals surface area (Å²) in [7, 11) is 3.16. The van der Waals surface area contributed by atoms with Crippen LogP contribution in [0.4, 0.5) is 0 Å². The number of carbonyl (C=O) groups is 3. The molecular formula is C34H41N3O7. The van der Waals surface area contributed by atoms with E-state index in [4.69, 9.17) is 5.73 Å². The third-order valence-electron chi connectivity index (χ3n) is 9.47. The second kappa shape index (κ2) is 11.5. The Morgan fingerprint density at radius 2 is 1.82 bits per heavy atom. The SMILES string of the molecule is CCCN(Cc1cccc(-c2ccc(O)c3c2C[C@H]2C[C@H]4[C@H](N(C)C)C(=O)C(C(N)=O)=C(O)[C@@]4(O)C(=O)C2=C3O)c1)C(C)C. The van der Waals surface area contributed by atoms with E-state index in [1.807, 2.05) is 12.1 Å². The first-order valence-electron chi connectivity index (χ1n) is 15.1. The molecule has 10 heteroatoms. The van der Waals surface area contributed by atoms with Gasteiger partial charge in [0.25, 0.3) is 5.91 Å². The molecule has 6 N–H and O–H groups in total. The first-order valence-corrected chi connectivity index (χ1v) is 15.1. The summed E-state index contributed by atoms with van der Waals surface area (Å²) in [6.07, 6.45) is 1.31. The van der Waals surface area contributed by atoms with Crippen molar-refractivity contribution in [2.75, 3.05) is 20.6 Å². The van der Waals surface area contributed by atoms with Crippen molar-refractivity contribution < 1.29 is 34.8 Å². The second-order valence-corrected chi connectivity index (χ2v) is 12.7. The van der Waals surface area contributed by atoms with Crippen LogP contribution in [0.25, 0.3) is 16.9 Å². The Morgan fingerprint density at radius 1 is 1.11 bits per heavy atom. The van der Waals surface area contributed by atoms with E-state index < -0.39 is 58.0 Å². The molecule has 0 aromatic heterocycles. The van der Waals surface area contributed by atoms with Crippen molar-refractivity contribution in [3.8, 4) is 16.9 Å². The van der Waals surface area contributed by atoms with Crippen LogP contribution in [-0.2, 0) is 27.3 Å². The van der Waals surface area contributed by atoms with Crippen molar-refractivity contribution in [3.63, 3.8) is 0 Å². The molecule has 0 saturated heterocycles. The standard InChI is InChI=1S/C34H41N3O7/c1-6-12-37(17(2)3)16-18-8-7-9-19(13-18)21-10-11-24(38)26-22(21)14-20-15-23-28(36(4)5)30(40)27(33(35)43)32(42)34(23,44)31(41)25(20)29(26)39/h7-11,13,17,20,23,28,38-39,42,44H,6,12,14-16H2,1-5H3,(H2,35,43)/t20-,23-,28-,34-/m0/s1. The molecular weight excluding hydrogens is 562 g/mol. The number of phenols is 1. The number of carbonyl (C=O) groups excluding carboxylic acids is 3. The van der Waals surface area contributed by atoms with Crippen molar-refractivity contribution in [2.45, 2.75) is 64.3 Å². The van der Waals surface area contributed by atoms with Crippen molar-refractivity contribution in [1.82, 2.24) is 9.80 Å². The largest absolute Gasteiger partial charge is 0.508 e. The van der Waals surface area contributed by atoms with E-state index in [1.165, 1.54) is 11.0 Å². The maximum atomic E-state index is 14.1. The summed E-state index contributed by atoms with van der Waals surface area (Å²) in [4.78, 5) is 43.5. The van der Waals surface area contributed by atoms with Crippen LogP contribution < -0.4 is 5.73 Å². The summed E-state index contributed by atoms with van der Waals surface area (Å²) in [5.74, 6) is -6.63. The van der Waals surface area contributed by atoms with Crippen molar-refractivity contribution >= 4 is 23.2 Å². The molecule has 1 saturated carbocycles. The van der Waals surface area contributed by atoms with Crippen LogP contribution in [0.3, 0.4) is 0 Å². The number of aromatic hydroxyl groups is 1. The lowest BCUT2D eigenvalue weighted by Crippen LogP contribution is -2.65. The van der Waals surface area contributed by atoms with Gasteiger partial charge in [-0.1, -0.05) is 31.2 Å². The summed E-state index contributed by atoms with van der Waals surface area (Å²) in [5.41, 5.74) is 5.26. The van der Waals surface area contributed by atoms with Crippen LogP contribution >= 0.6 is 0 Å². The minimum Gasteiger partial charge on any atom is -0.508 e. The van der Waals surface area contributed by atoms with Crippen LogP contribution in [0, 0.1) is 11.8 Å². The monoisotopic (exact) mass is 603 g/mol. The predicted octanol–water partition coefficient (Wildman–Crippen LogP) is 3.25. The number of fused-ring (bicyclic) bond motifs is 3. The number of Topliss-reactive ketones (excluding diaryl/α,β-unsaturated/α-hetero) is 2. The summed E-state index contributed by atoms with van der Waals surface area (Å²) < 4.78 is 0. The van der Waals surface area contributed by atoms with E-state index in [1.54, 1.807) is 20.2 Å². The minimum atomic E-state index is -2.66. The fourth-order valence-electron chi connectivity index (χ4n) is 7.39. The topological polar surface area (TPSA) is 165 Å². The molecule has 2 aromatic carbocycles. The lowest BCUT2D eigenvalue weighted by Gasteiger charge is -2.50. The number of amides is 1. The molecule has 4 atom stereocenters. The van der Waals surface area contributed by atoms with Gasteiger partial charge in [0, 0.05) is 24.1 Å². The Balaban J connectivity index is 1.64. The number of ketones is 2. The number of benzene rings is 2. The fraction of sp³-hybridized carbons (Fsp3) is 0.441. The molecule has 10 nitrogen and oxygen atoms in total. The van der Waals surface area contributed by atoms with E-state index in [0.717, 1.165) is 36.2 Å². The molecule has 5 rings (SSSR count). The van der Waals surface area contributed by atoms with Crippen LogP contribution in [0.1, 0.15) is 50.3 Å². The third kappa shape index (κ3) is 4.81. The molecule has 0 bridgehead atoms. The van der Waals surface area contributed by atoms with E-state index >= 15 is 0 Å². The number of nitrogens with two attached hydrogens (primary N) is 1. The van der Waals surface area contributed by atoms with E-state index in [-0.39, 0.29) is 29.7 Å². The van der Waals surface area contributed by atoms with E-state index in [2.05, 4.69) is 37.8 Å². The Bertz CT molecular complexity index is 1610. The van der Waals surface area contributed by atoms with Crippen molar-refractivity contribution in [2.24, 2.45) is 17.6 Å². The van der Waals surface area contributed by atoms with Gasteiger partial charge < -0.3 is 26.2 Å². The minimum absolute atomic E-state index is 0.0429. The van der Waals surface area contributed by atoms with Crippen LogP contribution in [-0.4, -0.2) is 86.0 Å². The Hall–Kier alpha value is -3.99. The highest BCUT2D eigenvalue weighted by Gasteiger charge is 2.64. The van der Waals surface area contributed by atoms with E-state index in [9.17, 15) is 34.8 Å². The lowest BCUT2D eigenvalue weighted by molar-refractivity contribution is -0.153. The highest BCUT2D eigenvalue weighted by atomic mass is 16.3. The number of hydrogen-bond acceptors (Lipinski definition) is 9. The number of aliphatic hydroxyl groups is 3. The zero-order chi connectivity index (χ0) is 32.2. The number of likely N-dealkylation sites (N-methyl/N-ethyl adjacent to an activating group) is 1. The highest BCUT2D eigenvalue weighted by Crippen LogP contribution is 2.53. The Labute approximate surface area is 257 Å². The number of primary amides is 1. The van der Waals surface area contributed by atoms with Crippen LogP contribution in [0.15, 0.2) is 53.3 Å². The molecule has 234 valence electrons. The number of rotatable bonds is 8. The second-order valence-electron chi connectivity index (χ2n) is 12.7. The lowest BCUT2D eigenvalue weighted by atomic mass is 9.57. The number of phenolic OH excluding ortho intramolecular Hbond substituents is 1. The fourth-order valence-corrected chi connectivity index (χ4v) is 7.39. The molecule has 44 heavy (non-hydrogen) atoms. The van der Waals surface area contributed by atoms with Gasteiger partial charge in [-0.15, -0.1) is 0 Å². The van der Waals surface area contributed by atoms with Gasteiger partial charge in [0.2, 0.25) is 5.78 Å². The van der Waals surface area contributed by atoms with Crippen molar-refractivity contribution in [1.29, 1.82) is 0 Å². The van der Waals surface area contributed by atoms with Gasteiger partial charge in [-0.05, 0) is 94.1 Å². The zero-order valence-corrected chi connectivity index (χ0v) is 25.8. The predicted molar refractivity (Wildman–Crippen MR) is 166 cm³/mol. The van der Waals surface area contributed by atoms with Crippen molar-refractivity contribution in [3.05, 3.63) is 70.0 Å². The molecule has 0 unspecified atom stereocenters. The average Bonchev–Trinajstić information content (AvgIpc) is 2.94. The van der Waals surface area contributed by atoms with Crippen LogP contribution in [0.2, 0.25) is 0 Å². The normalized spacial score (nSPS) is 25.1. The van der Waals surface area contributed by atoms with Crippen LogP contribution in [0.5, 0.6) is 5.75 Å². The molecule has 1 amide bonds. The zero-order valence-electron chi connectivity index (χ0n) is 25.8. The van der Waals surface area contributed by atoms with Gasteiger partial charge >= 0.3 is 0 Å². The third-order valence-corrected chi connectivity index (χ3v) is 9.47. The average molecular weight is 604 g/mol. The molecule has 0 spiro atoms. The summed E-state index contributed by atoms with van der Waals surface area (Å²) in [6.45, 7) is 8.21. The number of nitrogens with zero attached hydrogens (tertiary/aromatic N) is 2. The molecule has 2 aromatic rings. The van der Waals surface area contributed by atoms with Gasteiger partial charge in [-0.25, -0.2) is 0 Å². The van der Waals surface area contributed by atoms with Gasteiger partial charge in [0.15, 0.2) is 11.4 Å². The molecule has 0 radical (unpaired) electrons. The number of hydrogen-bond donors (Lipinski definition) is 5. The van der Waals surface area contributed by atoms with Gasteiger partial charge in [-0.2, -0.15) is 0 Å². The molecule has 3 aliphatic carbocycles. The maximum absolute atomic E-state index is 14.1. The molecule has 3 aliphatic rings. The summed E-state index contributed by atoms with van der Waals surface area (Å²) >= 11 is 0. The van der Waals surface area contributed by atoms with Gasteiger partial charge in [0.1, 0.15) is 22.8 Å². The maximum Gasteiger partial charge on any atom is 0.255 e. The van der Waals surface area contributed by atoms with Gasteiger partial charge in [0.05, 0.1) is 11.6 Å². The summed E-state index contributed by atoms with van der Waals surface area (Å²) in [6, 6.07) is 10.6. The summed E-state index contributed by atoms with van der Waals surface area (Å²) in [5, 5.41) is 45.4. The highest BCUT2D eigenvalue weighted by molar-refractivity contribution is 6.24. The first kappa shape index (κ1) is 31.4. The quantitative estimate of drug-likeness (QED) is 0.285. The Kier molecular flexibility index (Phi) is 8.22. The first-order chi connectivity index (χ1) is 20.7. The molecule has 0 heterocycles. The smallest absolute Gasteiger partial charge is 0.255 e. The Morgan fingerprint density at radius 3 is 2.43 bits per heavy atom.